The standard InChI is InChI=1S/C18H16F2N4/c1-18(2)17-23-22-15(8-11-6-4-3-5-7-11)24(17)16-13(20)9-12(19)10-14(16)21-18/h3-7,9-10,21H,8H2,1-2H3. The van der Waals surface area contributed by atoms with Gasteiger partial charge < -0.3 is 5.32 Å². The van der Waals surface area contributed by atoms with E-state index in [0.717, 1.165) is 11.6 Å². The van der Waals surface area contributed by atoms with Crippen LogP contribution in [-0.2, 0) is 12.0 Å². The van der Waals surface area contributed by atoms with Gasteiger partial charge in [0.05, 0.1) is 11.2 Å². The lowest BCUT2D eigenvalue weighted by Gasteiger charge is -2.34. The highest BCUT2D eigenvalue weighted by molar-refractivity contribution is 5.67. The van der Waals surface area contributed by atoms with Crippen molar-refractivity contribution in [3.8, 4) is 5.69 Å². The van der Waals surface area contributed by atoms with Gasteiger partial charge in [0.1, 0.15) is 17.3 Å². The van der Waals surface area contributed by atoms with Gasteiger partial charge in [0.15, 0.2) is 11.6 Å². The zero-order valence-corrected chi connectivity index (χ0v) is 13.3. The monoisotopic (exact) mass is 326 g/mol. The highest BCUT2D eigenvalue weighted by Gasteiger charge is 2.36. The predicted molar refractivity (Wildman–Crippen MR) is 87.2 cm³/mol. The van der Waals surface area contributed by atoms with Gasteiger partial charge in [-0.3, -0.25) is 4.57 Å². The Morgan fingerprint density at radius 3 is 2.58 bits per heavy atom. The number of halogens is 2. The summed E-state index contributed by atoms with van der Waals surface area (Å²) in [6.07, 6.45) is 0.514. The molecule has 3 aromatic rings. The molecule has 0 saturated carbocycles. The van der Waals surface area contributed by atoms with Crippen LogP contribution in [0.1, 0.15) is 31.1 Å². The van der Waals surface area contributed by atoms with E-state index >= 15 is 0 Å². The molecule has 0 atom stereocenters. The molecule has 0 fully saturated rings. The summed E-state index contributed by atoms with van der Waals surface area (Å²) < 4.78 is 29.8. The number of aromatic nitrogens is 3. The lowest BCUT2D eigenvalue weighted by molar-refractivity contribution is 0.514. The van der Waals surface area contributed by atoms with Crippen molar-refractivity contribution in [1.29, 1.82) is 0 Å². The predicted octanol–water partition coefficient (Wildman–Crippen LogP) is 3.80. The van der Waals surface area contributed by atoms with Gasteiger partial charge in [-0.15, -0.1) is 10.2 Å². The van der Waals surface area contributed by atoms with E-state index in [1.807, 2.05) is 44.2 Å². The number of nitrogens with zero attached hydrogens (tertiary/aromatic N) is 3. The summed E-state index contributed by atoms with van der Waals surface area (Å²) >= 11 is 0. The van der Waals surface area contributed by atoms with Crippen LogP contribution in [0.15, 0.2) is 42.5 Å². The average Bonchev–Trinajstić information content (AvgIpc) is 2.92. The van der Waals surface area contributed by atoms with Crippen molar-refractivity contribution in [2.75, 3.05) is 5.32 Å². The molecule has 0 aliphatic carbocycles. The van der Waals surface area contributed by atoms with Crippen LogP contribution in [0.2, 0.25) is 0 Å². The Morgan fingerprint density at radius 2 is 1.83 bits per heavy atom. The van der Waals surface area contributed by atoms with Crippen LogP contribution in [0.3, 0.4) is 0 Å². The molecule has 0 saturated heterocycles. The molecule has 4 rings (SSSR count). The molecule has 122 valence electrons. The number of nitrogens with one attached hydrogen (secondary N) is 1. The zero-order valence-electron chi connectivity index (χ0n) is 13.3. The number of anilines is 1. The Balaban J connectivity index is 1.91. The van der Waals surface area contributed by atoms with Crippen molar-refractivity contribution in [2.24, 2.45) is 0 Å². The SMILES string of the molecule is CC1(C)Nc2cc(F)cc(F)c2-n2c(Cc3ccccc3)nnc21. The third kappa shape index (κ3) is 2.26. The minimum absolute atomic E-state index is 0.265. The summed E-state index contributed by atoms with van der Waals surface area (Å²) in [4.78, 5) is 0. The molecule has 1 aliphatic heterocycles. The van der Waals surface area contributed by atoms with Gasteiger partial charge >= 0.3 is 0 Å². The minimum atomic E-state index is -0.636. The second-order valence-electron chi connectivity index (χ2n) is 6.47. The van der Waals surface area contributed by atoms with E-state index in [1.165, 1.54) is 6.07 Å². The van der Waals surface area contributed by atoms with E-state index in [9.17, 15) is 8.78 Å². The van der Waals surface area contributed by atoms with E-state index in [1.54, 1.807) is 4.57 Å². The molecule has 0 bridgehead atoms. The van der Waals surface area contributed by atoms with Gasteiger partial charge in [-0.1, -0.05) is 30.3 Å². The molecule has 6 heteroatoms. The molecule has 24 heavy (non-hydrogen) atoms. The number of hydrogen-bond donors (Lipinski definition) is 1. The van der Waals surface area contributed by atoms with Crippen LogP contribution in [0.5, 0.6) is 0 Å². The average molecular weight is 326 g/mol. The molecule has 0 radical (unpaired) electrons. The van der Waals surface area contributed by atoms with Gasteiger partial charge in [0.25, 0.3) is 0 Å². The van der Waals surface area contributed by atoms with Crippen molar-refractivity contribution in [2.45, 2.75) is 25.8 Å². The molecule has 2 aromatic carbocycles. The van der Waals surface area contributed by atoms with Crippen molar-refractivity contribution in [3.63, 3.8) is 0 Å². The first-order valence-electron chi connectivity index (χ1n) is 7.72. The lowest BCUT2D eigenvalue weighted by atomic mass is 9.99. The summed E-state index contributed by atoms with van der Waals surface area (Å²) in [6.45, 7) is 3.82. The highest BCUT2D eigenvalue weighted by Crippen LogP contribution is 2.38. The number of hydrogen-bond acceptors (Lipinski definition) is 3. The van der Waals surface area contributed by atoms with E-state index in [0.29, 0.717) is 23.8 Å². The van der Waals surface area contributed by atoms with Crippen LogP contribution in [0.4, 0.5) is 14.5 Å². The molecule has 0 spiro atoms. The largest absolute Gasteiger partial charge is 0.371 e. The van der Waals surface area contributed by atoms with E-state index < -0.39 is 17.2 Å². The van der Waals surface area contributed by atoms with Gasteiger partial charge in [-0.05, 0) is 25.5 Å². The Bertz CT molecular complexity index is 916. The summed E-state index contributed by atoms with van der Waals surface area (Å²) in [6, 6.07) is 12.0. The third-order valence-electron chi connectivity index (χ3n) is 4.19. The maximum absolute atomic E-state index is 14.5. The maximum atomic E-state index is 14.5. The second kappa shape index (κ2) is 5.12. The van der Waals surface area contributed by atoms with Crippen molar-refractivity contribution in [1.82, 2.24) is 14.8 Å². The molecule has 0 unspecified atom stereocenters. The van der Waals surface area contributed by atoms with Gasteiger partial charge in [0.2, 0.25) is 0 Å². The first kappa shape index (κ1) is 14.8. The fraction of sp³-hybridized carbons (Fsp3) is 0.222. The molecule has 2 heterocycles. The normalized spacial score (nSPS) is 14.7. The maximum Gasteiger partial charge on any atom is 0.162 e. The van der Waals surface area contributed by atoms with Crippen molar-refractivity contribution < 1.29 is 8.78 Å². The van der Waals surface area contributed by atoms with Gasteiger partial charge in [-0.2, -0.15) is 0 Å². The summed E-state index contributed by atoms with van der Waals surface area (Å²) in [5, 5.41) is 11.7. The fourth-order valence-corrected chi connectivity index (χ4v) is 3.13. The van der Waals surface area contributed by atoms with Crippen molar-refractivity contribution >= 4 is 5.69 Å². The fourth-order valence-electron chi connectivity index (χ4n) is 3.13. The second-order valence-corrected chi connectivity index (χ2v) is 6.47. The molecule has 1 aliphatic rings. The van der Waals surface area contributed by atoms with Crippen LogP contribution < -0.4 is 5.32 Å². The topological polar surface area (TPSA) is 42.7 Å². The smallest absolute Gasteiger partial charge is 0.162 e. The Morgan fingerprint density at radius 1 is 1.08 bits per heavy atom. The number of benzene rings is 2. The summed E-state index contributed by atoms with van der Waals surface area (Å²) in [5.74, 6) is -0.0250. The third-order valence-corrected chi connectivity index (χ3v) is 4.19. The van der Waals surface area contributed by atoms with Crippen LogP contribution in [-0.4, -0.2) is 14.8 Å². The number of fused-ring (bicyclic) bond motifs is 3. The zero-order chi connectivity index (χ0) is 16.9. The Hall–Kier alpha value is -2.76. The van der Waals surface area contributed by atoms with Crippen LogP contribution >= 0.6 is 0 Å². The summed E-state index contributed by atoms with van der Waals surface area (Å²) in [7, 11) is 0. The minimum Gasteiger partial charge on any atom is -0.371 e. The lowest BCUT2D eigenvalue weighted by Crippen LogP contribution is -2.36. The van der Waals surface area contributed by atoms with Gasteiger partial charge in [0, 0.05) is 12.5 Å². The molecule has 1 aromatic heterocycles. The molecular weight excluding hydrogens is 310 g/mol. The Labute approximate surface area is 138 Å². The van der Waals surface area contributed by atoms with Gasteiger partial charge in [-0.25, -0.2) is 8.78 Å². The van der Waals surface area contributed by atoms with Crippen molar-refractivity contribution in [3.05, 3.63) is 71.3 Å². The number of rotatable bonds is 2. The quantitative estimate of drug-likeness (QED) is 0.779. The van der Waals surface area contributed by atoms with E-state index in [4.69, 9.17) is 0 Å². The first-order valence-corrected chi connectivity index (χ1v) is 7.72. The Kier molecular flexibility index (Phi) is 3.16. The first-order chi connectivity index (χ1) is 11.5. The van der Waals surface area contributed by atoms with Crippen LogP contribution in [0, 0.1) is 11.6 Å². The van der Waals surface area contributed by atoms with E-state index in [2.05, 4.69) is 15.5 Å². The highest BCUT2D eigenvalue weighted by atomic mass is 19.1. The molecule has 4 nitrogen and oxygen atoms in total. The molecule has 1 N–H and O–H groups in total. The van der Waals surface area contributed by atoms with E-state index in [-0.39, 0.29) is 5.69 Å². The summed E-state index contributed by atoms with van der Waals surface area (Å²) in [5.41, 5.74) is 1.13. The van der Waals surface area contributed by atoms with Crippen LogP contribution in [0.25, 0.3) is 5.69 Å². The molecular formula is C18H16F2N4. The molecule has 0 amide bonds.